The summed E-state index contributed by atoms with van der Waals surface area (Å²) >= 11 is 0. The molecule has 0 spiro atoms. The Bertz CT molecular complexity index is 1470. The van der Waals surface area contributed by atoms with Crippen LogP contribution in [0.15, 0.2) is 36.4 Å². The van der Waals surface area contributed by atoms with Crippen LogP contribution in [0.1, 0.15) is 43.0 Å². The monoisotopic (exact) mass is 532 g/mol. The van der Waals surface area contributed by atoms with Crippen molar-refractivity contribution in [2.75, 3.05) is 46.3 Å². The van der Waals surface area contributed by atoms with Gasteiger partial charge in [0.15, 0.2) is 11.5 Å². The molecule has 10 heteroatoms. The Labute approximate surface area is 227 Å². The van der Waals surface area contributed by atoms with Gasteiger partial charge >= 0.3 is 0 Å². The lowest BCUT2D eigenvalue weighted by molar-refractivity contribution is 0.0808. The van der Waals surface area contributed by atoms with Crippen LogP contribution in [0.4, 0.5) is 5.95 Å². The molecule has 2 atom stereocenters. The molecule has 206 valence electrons. The molecule has 2 aromatic heterocycles. The van der Waals surface area contributed by atoms with E-state index in [-0.39, 0.29) is 18.6 Å². The number of hydrogen-bond donors (Lipinski definition) is 2. The van der Waals surface area contributed by atoms with E-state index >= 15 is 0 Å². The van der Waals surface area contributed by atoms with Gasteiger partial charge in [0, 0.05) is 42.1 Å². The second-order valence-electron chi connectivity index (χ2n) is 10.5. The van der Waals surface area contributed by atoms with Gasteiger partial charge in [0.25, 0.3) is 0 Å². The van der Waals surface area contributed by atoms with Crippen LogP contribution in [-0.4, -0.2) is 76.7 Å². The van der Waals surface area contributed by atoms with Gasteiger partial charge in [0.05, 0.1) is 27.9 Å². The number of nitrogens with zero attached hydrogens (tertiary/aromatic N) is 5. The molecule has 0 radical (unpaired) electrons. The van der Waals surface area contributed by atoms with Crippen molar-refractivity contribution in [2.24, 2.45) is 5.92 Å². The number of piperidine rings is 1. The largest absolute Gasteiger partial charge is 0.497 e. The fraction of sp³-hybridized carbons (Fsp3) is 0.483. The zero-order valence-electron chi connectivity index (χ0n) is 22.8. The molecule has 2 N–H and O–H groups in total. The molecular weight excluding hydrogens is 496 g/mol. The van der Waals surface area contributed by atoms with Crippen molar-refractivity contribution in [3.8, 4) is 17.2 Å². The molecule has 1 aliphatic heterocycles. The molecule has 0 amide bonds. The number of aliphatic hydroxyl groups excluding tert-OH is 1. The quantitative estimate of drug-likeness (QED) is 0.315. The SMILES string of the molecule is COc1ccc(CNc2nc3c(OC)cccc3c3nc([C@@H]4CCCN(C(CO)C5CC5)C4)nn23)c(OC)c1. The number of benzene rings is 2. The molecule has 1 aliphatic carbocycles. The first kappa shape index (κ1) is 25.6. The Hall–Kier alpha value is -3.63. The molecule has 2 aromatic carbocycles. The predicted octanol–water partition coefficient (Wildman–Crippen LogP) is 3.87. The summed E-state index contributed by atoms with van der Waals surface area (Å²) in [7, 11) is 4.94. The van der Waals surface area contributed by atoms with Gasteiger partial charge in [-0.1, -0.05) is 6.07 Å². The zero-order chi connectivity index (χ0) is 26.9. The number of aliphatic hydroxyl groups is 1. The van der Waals surface area contributed by atoms with Crippen LogP contribution in [0.25, 0.3) is 16.6 Å². The topological polar surface area (TPSA) is 106 Å². The maximum Gasteiger partial charge on any atom is 0.226 e. The Balaban J connectivity index is 1.37. The normalized spacial score (nSPS) is 18.8. The summed E-state index contributed by atoms with van der Waals surface area (Å²) in [5, 5.41) is 19.4. The minimum absolute atomic E-state index is 0.196. The highest BCUT2D eigenvalue weighted by molar-refractivity contribution is 5.96. The zero-order valence-corrected chi connectivity index (χ0v) is 22.8. The Morgan fingerprint density at radius 1 is 1.03 bits per heavy atom. The van der Waals surface area contributed by atoms with E-state index in [1.54, 1.807) is 21.3 Å². The summed E-state index contributed by atoms with van der Waals surface area (Å²) < 4.78 is 18.4. The lowest BCUT2D eigenvalue weighted by Gasteiger charge is -2.36. The first-order valence-electron chi connectivity index (χ1n) is 13.7. The van der Waals surface area contributed by atoms with Crippen LogP contribution in [-0.2, 0) is 6.54 Å². The van der Waals surface area contributed by atoms with Gasteiger partial charge in [0.1, 0.15) is 22.8 Å². The fourth-order valence-corrected chi connectivity index (χ4v) is 5.81. The van der Waals surface area contributed by atoms with Gasteiger partial charge in [-0.15, -0.1) is 5.10 Å². The van der Waals surface area contributed by atoms with E-state index in [2.05, 4.69) is 10.2 Å². The van der Waals surface area contributed by atoms with E-state index in [9.17, 15) is 5.11 Å². The van der Waals surface area contributed by atoms with Gasteiger partial charge < -0.3 is 24.6 Å². The molecule has 2 fully saturated rings. The second-order valence-corrected chi connectivity index (χ2v) is 10.5. The molecule has 10 nitrogen and oxygen atoms in total. The summed E-state index contributed by atoms with van der Waals surface area (Å²) in [6.45, 7) is 2.57. The van der Waals surface area contributed by atoms with E-state index in [1.165, 1.54) is 12.8 Å². The van der Waals surface area contributed by atoms with Crippen molar-refractivity contribution < 1.29 is 19.3 Å². The summed E-state index contributed by atoms with van der Waals surface area (Å²) in [6.07, 6.45) is 4.52. The maximum absolute atomic E-state index is 10.1. The molecule has 4 aromatic rings. The molecule has 1 saturated heterocycles. The predicted molar refractivity (Wildman–Crippen MR) is 149 cm³/mol. The van der Waals surface area contributed by atoms with E-state index in [0.717, 1.165) is 65.4 Å². The second kappa shape index (κ2) is 10.9. The van der Waals surface area contributed by atoms with Crippen LogP contribution >= 0.6 is 0 Å². The minimum atomic E-state index is 0.196. The van der Waals surface area contributed by atoms with Gasteiger partial charge in [-0.05, 0) is 62.4 Å². The van der Waals surface area contributed by atoms with Gasteiger partial charge in [0.2, 0.25) is 5.95 Å². The minimum Gasteiger partial charge on any atom is -0.497 e. The highest BCUT2D eigenvalue weighted by Gasteiger charge is 2.37. The van der Waals surface area contributed by atoms with Crippen LogP contribution in [0, 0.1) is 5.92 Å². The smallest absolute Gasteiger partial charge is 0.226 e. The van der Waals surface area contributed by atoms with E-state index < -0.39 is 0 Å². The maximum atomic E-state index is 10.1. The number of para-hydroxylation sites is 1. The number of fused-ring (bicyclic) bond motifs is 3. The molecule has 1 unspecified atom stereocenters. The number of methoxy groups -OCH3 is 3. The number of anilines is 1. The number of hydrogen-bond acceptors (Lipinski definition) is 9. The molecule has 0 bridgehead atoms. The molecule has 39 heavy (non-hydrogen) atoms. The van der Waals surface area contributed by atoms with Gasteiger partial charge in [-0.25, -0.2) is 9.97 Å². The number of likely N-dealkylation sites (tertiary alicyclic amines) is 1. The molecule has 6 rings (SSSR count). The summed E-state index contributed by atoms with van der Waals surface area (Å²) in [6, 6.07) is 11.9. The van der Waals surface area contributed by atoms with E-state index in [1.807, 2.05) is 40.9 Å². The molecule has 3 heterocycles. The lowest BCUT2D eigenvalue weighted by atomic mass is 9.95. The van der Waals surface area contributed by atoms with E-state index in [4.69, 9.17) is 29.3 Å². The van der Waals surface area contributed by atoms with Crippen LogP contribution in [0.3, 0.4) is 0 Å². The first-order valence-corrected chi connectivity index (χ1v) is 13.7. The third-order valence-corrected chi connectivity index (χ3v) is 8.07. The third-order valence-electron chi connectivity index (χ3n) is 8.07. The van der Waals surface area contributed by atoms with Crippen molar-refractivity contribution in [1.29, 1.82) is 0 Å². The van der Waals surface area contributed by atoms with Gasteiger partial charge in [-0.3, -0.25) is 4.90 Å². The first-order chi connectivity index (χ1) is 19.1. The Morgan fingerprint density at radius 3 is 2.62 bits per heavy atom. The number of aromatic nitrogens is 4. The number of nitrogens with one attached hydrogen (secondary N) is 1. The summed E-state index contributed by atoms with van der Waals surface area (Å²) in [5.41, 5.74) is 2.44. The fourth-order valence-electron chi connectivity index (χ4n) is 5.81. The summed E-state index contributed by atoms with van der Waals surface area (Å²) in [5.74, 6) is 4.36. The van der Waals surface area contributed by atoms with Crippen molar-refractivity contribution in [2.45, 2.75) is 44.2 Å². The van der Waals surface area contributed by atoms with Gasteiger partial charge in [-0.2, -0.15) is 4.52 Å². The third kappa shape index (κ3) is 4.94. The average molecular weight is 533 g/mol. The molecule has 1 saturated carbocycles. The van der Waals surface area contributed by atoms with E-state index in [0.29, 0.717) is 24.2 Å². The number of rotatable bonds is 10. The lowest BCUT2D eigenvalue weighted by Crippen LogP contribution is -2.45. The Kier molecular flexibility index (Phi) is 7.14. The molecular formula is C29H36N6O4. The standard InChI is InChI=1S/C29H36N6O4/c1-37-21-12-11-19(25(14-21)39-3)15-30-29-31-26-22(7-4-8-24(26)38-2)28-32-27(33-35(28)29)20-6-5-13-34(16-20)23(17-36)18-9-10-18/h4,7-8,11-12,14,18,20,23,36H,5-6,9-10,13,15-17H2,1-3H3,(H,30,31)/t20-,23?/m1/s1. The van der Waals surface area contributed by atoms with Crippen LogP contribution in [0.5, 0.6) is 17.2 Å². The van der Waals surface area contributed by atoms with Crippen molar-refractivity contribution in [3.63, 3.8) is 0 Å². The van der Waals surface area contributed by atoms with Crippen LogP contribution in [0.2, 0.25) is 0 Å². The molecule has 2 aliphatic rings. The van der Waals surface area contributed by atoms with Crippen molar-refractivity contribution >= 4 is 22.5 Å². The van der Waals surface area contributed by atoms with Crippen LogP contribution < -0.4 is 19.5 Å². The van der Waals surface area contributed by atoms with Crippen molar-refractivity contribution in [1.82, 2.24) is 24.5 Å². The summed E-state index contributed by atoms with van der Waals surface area (Å²) in [4.78, 5) is 12.5. The highest BCUT2D eigenvalue weighted by atomic mass is 16.5. The highest BCUT2D eigenvalue weighted by Crippen LogP contribution is 2.38. The van der Waals surface area contributed by atoms with Crippen molar-refractivity contribution in [3.05, 3.63) is 47.8 Å². The number of ether oxygens (including phenoxy) is 3. The average Bonchev–Trinajstić information content (AvgIpc) is 3.71. The Morgan fingerprint density at radius 2 is 1.87 bits per heavy atom.